The van der Waals surface area contributed by atoms with Gasteiger partial charge in [-0.3, -0.25) is 4.68 Å². The lowest BCUT2D eigenvalue weighted by atomic mass is 10.0. The molecule has 0 atom stereocenters. The third-order valence-electron chi connectivity index (χ3n) is 2.83. The molecule has 6 heteroatoms. The molecule has 0 amide bonds. The van der Waals surface area contributed by atoms with E-state index in [0.29, 0.717) is 11.3 Å². The van der Waals surface area contributed by atoms with Gasteiger partial charge in [-0.05, 0) is 17.7 Å². The van der Waals surface area contributed by atoms with Crippen LogP contribution in [0.5, 0.6) is 0 Å². The normalized spacial score (nSPS) is 10.8. The summed E-state index contributed by atoms with van der Waals surface area (Å²) < 4.78 is 19.7. The highest BCUT2D eigenvalue weighted by Gasteiger charge is 2.18. The predicted octanol–water partition coefficient (Wildman–Crippen LogP) is 2.46. The molecule has 0 saturated heterocycles. The minimum atomic E-state index is -0.304. The summed E-state index contributed by atoms with van der Waals surface area (Å²) in [5.41, 5.74) is 8.59. The van der Waals surface area contributed by atoms with Crippen LogP contribution >= 0.6 is 0 Å². The van der Waals surface area contributed by atoms with Gasteiger partial charge in [-0.1, -0.05) is 17.3 Å². The molecule has 0 spiro atoms. The number of hydrogen-bond acceptors (Lipinski definition) is 4. The summed E-state index contributed by atoms with van der Waals surface area (Å²) in [5, 5.41) is 8.04. The predicted molar refractivity (Wildman–Crippen MR) is 68.5 cm³/mol. The third-order valence-corrected chi connectivity index (χ3v) is 2.83. The first-order valence-electron chi connectivity index (χ1n) is 5.65. The van der Waals surface area contributed by atoms with Crippen LogP contribution in [-0.2, 0) is 7.05 Å². The first kappa shape index (κ1) is 11.5. The summed E-state index contributed by atoms with van der Waals surface area (Å²) >= 11 is 0. The molecule has 2 N–H and O–H groups in total. The van der Waals surface area contributed by atoms with Gasteiger partial charge in [0.2, 0.25) is 5.88 Å². The molecule has 0 unspecified atom stereocenters. The van der Waals surface area contributed by atoms with E-state index in [-0.39, 0.29) is 11.7 Å². The maximum Gasteiger partial charge on any atom is 0.230 e. The zero-order valence-electron chi connectivity index (χ0n) is 10.2. The van der Waals surface area contributed by atoms with Crippen molar-refractivity contribution in [2.24, 2.45) is 7.05 Å². The van der Waals surface area contributed by atoms with E-state index in [0.717, 1.165) is 11.1 Å². The van der Waals surface area contributed by atoms with E-state index in [1.807, 2.05) is 13.2 Å². The highest BCUT2D eigenvalue weighted by molar-refractivity contribution is 5.86. The zero-order valence-corrected chi connectivity index (χ0v) is 10.2. The third kappa shape index (κ3) is 1.97. The second-order valence-electron chi connectivity index (χ2n) is 4.18. The van der Waals surface area contributed by atoms with Gasteiger partial charge >= 0.3 is 0 Å². The minimum Gasteiger partial charge on any atom is -0.367 e. The molecule has 96 valence electrons. The number of benzene rings is 1. The Labute approximate surface area is 108 Å². The Bertz CT molecular complexity index is 715. The summed E-state index contributed by atoms with van der Waals surface area (Å²) in [5.74, 6) is -0.104. The van der Waals surface area contributed by atoms with Crippen molar-refractivity contribution in [3.8, 4) is 22.4 Å². The van der Waals surface area contributed by atoms with Crippen molar-refractivity contribution < 1.29 is 8.91 Å². The molecular formula is C13H11FN4O. The molecule has 2 heterocycles. The topological polar surface area (TPSA) is 69.9 Å². The number of aryl methyl sites for hydroxylation is 1. The number of nitrogens with two attached hydrogens (primary N) is 1. The lowest BCUT2D eigenvalue weighted by Gasteiger charge is -2.00. The first-order valence-corrected chi connectivity index (χ1v) is 5.65. The van der Waals surface area contributed by atoms with Crippen LogP contribution in [-0.4, -0.2) is 14.9 Å². The first-order chi connectivity index (χ1) is 9.15. The van der Waals surface area contributed by atoms with Gasteiger partial charge in [0.15, 0.2) is 0 Å². The molecule has 0 radical (unpaired) electrons. The van der Waals surface area contributed by atoms with Gasteiger partial charge in [-0.15, -0.1) is 0 Å². The summed E-state index contributed by atoms with van der Waals surface area (Å²) in [6.07, 6.45) is 3.48. The largest absolute Gasteiger partial charge is 0.367 e. The maximum absolute atomic E-state index is 13.0. The van der Waals surface area contributed by atoms with Gasteiger partial charge in [0.1, 0.15) is 11.5 Å². The number of aromatic nitrogens is 3. The Hall–Kier alpha value is -2.63. The van der Waals surface area contributed by atoms with E-state index >= 15 is 0 Å². The fourth-order valence-electron chi connectivity index (χ4n) is 1.94. The van der Waals surface area contributed by atoms with Crippen LogP contribution in [0.15, 0.2) is 41.2 Å². The molecule has 1 aromatic carbocycles. The molecule has 0 aliphatic rings. The minimum absolute atomic E-state index is 0.200. The van der Waals surface area contributed by atoms with Crippen molar-refractivity contribution in [3.05, 3.63) is 42.5 Å². The van der Waals surface area contributed by atoms with E-state index in [9.17, 15) is 4.39 Å². The van der Waals surface area contributed by atoms with Crippen LogP contribution < -0.4 is 5.73 Å². The van der Waals surface area contributed by atoms with Crippen molar-refractivity contribution in [1.82, 2.24) is 14.9 Å². The smallest absolute Gasteiger partial charge is 0.230 e. The molecule has 3 aromatic rings. The van der Waals surface area contributed by atoms with E-state index in [1.165, 1.54) is 12.1 Å². The maximum atomic E-state index is 13.0. The van der Waals surface area contributed by atoms with Crippen LogP contribution in [0.25, 0.3) is 22.4 Å². The van der Waals surface area contributed by atoms with Crippen molar-refractivity contribution in [2.75, 3.05) is 5.73 Å². The monoisotopic (exact) mass is 258 g/mol. The van der Waals surface area contributed by atoms with Crippen LogP contribution in [0.2, 0.25) is 0 Å². The molecular weight excluding hydrogens is 247 g/mol. The van der Waals surface area contributed by atoms with Gasteiger partial charge in [-0.25, -0.2) is 4.39 Å². The Kier molecular flexibility index (Phi) is 2.56. The second-order valence-corrected chi connectivity index (χ2v) is 4.18. The van der Waals surface area contributed by atoms with Crippen molar-refractivity contribution in [2.45, 2.75) is 0 Å². The molecule has 0 aliphatic carbocycles. The van der Waals surface area contributed by atoms with Gasteiger partial charge < -0.3 is 10.3 Å². The molecule has 3 rings (SSSR count). The van der Waals surface area contributed by atoms with Gasteiger partial charge in [0.25, 0.3) is 0 Å². The Morgan fingerprint density at radius 2 is 1.95 bits per heavy atom. The van der Waals surface area contributed by atoms with Gasteiger partial charge in [-0.2, -0.15) is 5.10 Å². The Morgan fingerprint density at radius 1 is 1.21 bits per heavy atom. The number of halogens is 1. The Morgan fingerprint density at radius 3 is 2.58 bits per heavy atom. The SMILES string of the molecule is Cn1cc(-c2noc(N)c2-c2ccc(F)cc2)cn1. The number of anilines is 1. The fraction of sp³-hybridized carbons (Fsp3) is 0.0769. The highest BCUT2D eigenvalue weighted by atomic mass is 19.1. The highest BCUT2D eigenvalue weighted by Crippen LogP contribution is 2.35. The van der Waals surface area contributed by atoms with E-state index in [4.69, 9.17) is 10.3 Å². The van der Waals surface area contributed by atoms with Crippen molar-refractivity contribution >= 4 is 5.88 Å². The van der Waals surface area contributed by atoms with E-state index < -0.39 is 0 Å². The molecule has 0 bridgehead atoms. The summed E-state index contributed by atoms with van der Waals surface area (Å²) in [6.45, 7) is 0. The quantitative estimate of drug-likeness (QED) is 0.766. The zero-order chi connectivity index (χ0) is 13.4. The number of rotatable bonds is 2. The van der Waals surface area contributed by atoms with Crippen molar-refractivity contribution in [3.63, 3.8) is 0 Å². The molecule has 0 aliphatic heterocycles. The van der Waals surface area contributed by atoms with Crippen LogP contribution in [0.3, 0.4) is 0 Å². The fourth-order valence-corrected chi connectivity index (χ4v) is 1.94. The van der Waals surface area contributed by atoms with E-state index in [2.05, 4.69) is 10.3 Å². The average Bonchev–Trinajstić information content (AvgIpc) is 2.97. The van der Waals surface area contributed by atoms with E-state index in [1.54, 1.807) is 23.0 Å². The molecule has 5 nitrogen and oxygen atoms in total. The summed E-state index contributed by atoms with van der Waals surface area (Å²) in [6, 6.07) is 6.01. The van der Waals surface area contributed by atoms with Gasteiger partial charge in [0.05, 0.1) is 11.8 Å². The number of nitrogens with zero attached hydrogens (tertiary/aromatic N) is 3. The molecule has 2 aromatic heterocycles. The molecule has 0 saturated carbocycles. The Balaban J connectivity index is 2.16. The second kappa shape index (κ2) is 4.24. The summed E-state index contributed by atoms with van der Waals surface area (Å²) in [4.78, 5) is 0. The van der Waals surface area contributed by atoms with Crippen molar-refractivity contribution in [1.29, 1.82) is 0 Å². The number of hydrogen-bond donors (Lipinski definition) is 1. The lowest BCUT2D eigenvalue weighted by Crippen LogP contribution is -1.88. The average molecular weight is 258 g/mol. The molecule has 19 heavy (non-hydrogen) atoms. The van der Waals surface area contributed by atoms with Crippen LogP contribution in [0.4, 0.5) is 10.3 Å². The van der Waals surface area contributed by atoms with Crippen LogP contribution in [0, 0.1) is 5.82 Å². The molecule has 0 fully saturated rings. The number of nitrogen functional groups attached to an aromatic ring is 1. The van der Waals surface area contributed by atoms with Gasteiger partial charge in [0, 0.05) is 18.8 Å². The standard InChI is InChI=1S/C13H11FN4O/c1-18-7-9(6-16-18)12-11(13(15)19-17-12)8-2-4-10(14)5-3-8/h2-7H,15H2,1H3. The summed E-state index contributed by atoms with van der Waals surface area (Å²) in [7, 11) is 1.81. The lowest BCUT2D eigenvalue weighted by molar-refractivity contribution is 0.439. The van der Waals surface area contributed by atoms with Crippen LogP contribution in [0.1, 0.15) is 0 Å².